The third kappa shape index (κ3) is 1.69. The number of nitrogens with zero attached hydrogens (tertiary/aromatic N) is 2. The van der Waals surface area contributed by atoms with Crippen LogP contribution in [0.5, 0.6) is 0 Å². The Labute approximate surface area is 108 Å². The molecule has 18 heavy (non-hydrogen) atoms. The van der Waals surface area contributed by atoms with Crippen molar-refractivity contribution >= 4 is 16.7 Å². The van der Waals surface area contributed by atoms with Crippen molar-refractivity contribution in [3.63, 3.8) is 0 Å². The summed E-state index contributed by atoms with van der Waals surface area (Å²) >= 11 is 0. The van der Waals surface area contributed by atoms with Crippen molar-refractivity contribution < 1.29 is 0 Å². The Morgan fingerprint density at radius 3 is 2.78 bits per heavy atom. The average molecular weight is 243 g/mol. The molecule has 1 aromatic carbocycles. The number of aryl methyl sites for hydroxylation is 1. The van der Waals surface area contributed by atoms with Crippen molar-refractivity contribution in [3.8, 4) is 0 Å². The van der Waals surface area contributed by atoms with E-state index in [0.717, 1.165) is 23.6 Å². The van der Waals surface area contributed by atoms with Crippen LogP contribution in [0.25, 0.3) is 11.0 Å². The van der Waals surface area contributed by atoms with E-state index in [4.69, 9.17) is 5.73 Å². The number of rotatable bonds is 3. The first-order valence-electron chi connectivity index (χ1n) is 6.86. The molecule has 3 rings (SSSR count). The highest BCUT2D eigenvalue weighted by Gasteiger charge is 2.36. The number of fused-ring (bicyclic) bond motifs is 1. The molecule has 0 spiro atoms. The highest BCUT2D eigenvalue weighted by atomic mass is 15.1. The van der Waals surface area contributed by atoms with E-state index in [0.29, 0.717) is 5.41 Å². The van der Waals surface area contributed by atoms with E-state index in [1.54, 1.807) is 0 Å². The van der Waals surface area contributed by atoms with Gasteiger partial charge in [-0.1, -0.05) is 13.3 Å². The van der Waals surface area contributed by atoms with E-state index in [9.17, 15) is 0 Å². The van der Waals surface area contributed by atoms with E-state index in [1.165, 1.54) is 31.2 Å². The van der Waals surface area contributed by atoms with Crippen molar-refractivity contribution in [2.24, 2.45) is 5.41 Å². The minimum atomic E-state index is 0.514. The fourth-order valence-electron chi connectivity index (χ4n) is 3.10. The van der Waals surface area contributed by atoms with Gasteiger partial charge < -0.3 is 10.3 Å². The van der Waals surface area contributed by atoms with Gasteiger partial charge in [0.05, 0.1) is 11.0 Å². The van der Waals surface area contributed by atoms with Gasteiger partial charge in [0.1, 0.15) is 5.82 Å². The quantitative estimate of drug-likeness (QED) is 0.838. The molecule has 96 valence electrons. The van der Waals surface area contributed by atoms with Crippen molar-refractivity contribution in [1.29, 1.82) is 0 Å². The Morgan fingerprint density at radius 1 is 1.39 bits per heavy atom. The molecular weight excluding hydrogens is 222 g/mol. The Balaban J connectivity index is 2.03. The molecule has 1 fully saturated rings. The lowest BCUT2D eigenvalue weighted by Crippen LogP contribution is -2.33. The number of hydrogen-bond donors (Lipinski definition) is 1. The minimum absolute atomic E-state index is 0.514. The molecule has 2 aromatic rings. The molecule has 0 unspecified atom stereocenters. The fraction of sp³-hybridized carbons (Fsp3) is 0.533. The smallest absolute Gasteiger partial charge is 0.106 e. The molecule has 0 bridgehead atoms. The Morgan fingerprint density at radius 2 is 2.17 bits per heavy atom. The summed E-state index contributed by atoms with van der Waals surface area (Å²) in [5.74, 6) is 1.11. The summed E-state index contributed by atoms with van der Waals surface area (Å²) in [6.45, 7) is 5.51. The second-order valence-electron chi connectivity index (χ2n) is 5.70. The number of anilines is 1. The Hall–Kier alpha value is -1.51. The topological polar surface area (TPSA) is 43.8 Å². The maximum atomic E-state index is 5.82. The highest BCUT2D eigenvalue weighted by molar-refractivity contribution is 5.79. The molecule has 1 aliphatic rings. The van der Waals surface area contributed by atoms with E-state index in [2.05, 4.69) is 29.5 Å². The third-order valence-electron chi connectivity index (χ3n) is 4.62. The van der Waals surface area contributed by atoms with Crippen LogP contribution in [0.4, 0.5) is 5.69 Å². The predicted molar refractivity (Wildman–Crippen MR) is 75.5 cm³/mol. The van der Waals surface area contributed by atoms with Crippen molar-refractivity contribution in [2.75, 3.05) is 5.73 Å². The lowest BCUT2D eigenvalue weighted by Gasteiger charge is -2.42. The maximum absolute atomic E-state index is 5.82. The van der Waals surface area contributed by atoms with Gasteiger partial charge in [0.25, 0.3) is 0 Å². The second-order valence-corrected chi connectivity index (χ2v) is 5.70. The number of hydrogen-bond acceptors (Lipinski definition) is 2. The van der Waals surface area contributed by atoms with Crippen LogP contribution in [0.2, 0.25) is 0 Å². The molecule has 0 radical (unpaired) electrons. The zero-order chi connectivity index (χ0) is 12.8. The molecule has 1 saturated carbocycles. The summed E-state index contributed by atoms with van der Waals surface area (Å²) in [6.07, 6.45) is 5.36. The molecule has 3 heteroatoms. The van der Waals surface area contributed by atoms with E-state index in [-0.39, 0.29) is 0 Å². The van der Waals surface area contributed by atoms with Gasteiger partial charge in [-0.3, -0.25) is 0 Å². The van der Waals surface area contributed by atoms with Gasteiger partial charge in [-0.05, 0) is 49.8 Å². The first-order valence-corrected chi connectivity index (χ1v) is 6.86. The lowest BCUT2D eigenvalue weighted by atomic mass is 9.67. The Bertz CT molecular complexity index is 573. The summed E-state index contributed by atoms with van der Waals surface area (Å²) < 4.78 is 2.37. The first kappa shape index (κ1) is 11.6. The largest absolute Gasteiger partial charge is 0.399 e. The normalized spacial score (nSPS) is 17.9. The second kappa shape index (κ2) is 4.01. The van der Waals surface area contributed by atoms with Crippen LogP contribution in [0.1, 0.15) is 38.4 Å². The summed E-state index contributed by atoms with van der Waals surface area (Å²) in [7, 11) is 0. The van der Waals surface area contributed by atoms with Crippen molar-refractivity contribution in [2.45, 2.75) is 46.1 Å². The molecule has 1 heterocycles. The van der Waals surface area contributed by atoms with E-state index >= 15 is 0 Å². The SMILES string of the molecule is CCC1(Cn2c(C)nc3cc(N)ccc32)CCC1. The third-order valence-corrected chi connectivity index (χ3v) is 4.62. The van der Waals surface area contributed by atoms with Gasteiger partial charge in [-0.15, -0.1) is 0 Å². The van der Waals surface area contributed by atoms with Crippen LogP contribution in [-0.2, 0) is 6.54 Å². The van der Waals surface area contributed by atoms with Gasteiger partial charge in [0, 0.05) is 12.2 Å². The number of imidazole rings is 1. The molecule has 0 atom stereocenters. The average Bonchev–Trinajstić information content (AvgIpc) is 2.59. The molecule has 0 amide bonds. The van der Waals surface area contributed by atoms with Crippen molar-refractivity contribution in [1.82, 2.24) is 9.55 Å². The summed E-state index contributed by atoms with van der Waals surface area (Å²) in [5, 5.41) is 0. The van der Waals surface area contributed by atoms with Crippen LogP contribution in [0.3, 0.4) is 0 Å². The highest BCUT2D eigenvalue weighted by Crippen LogP contribution is 2.45. The van der Waals surface area contributed by atoms with Crippen LogP contribution in [-0.4, -0.2) is 9.55 Å². The van der Waals surface area contributed by atoms with Gasteiger partial charge in [-0.25, -0.2) is 4.98 Å². The lowest BCUT2D eigenvalue weighted by molar-refractivity contribution is 0.101. The van der Waals surface area contributed by atoms with Crippen LogP contribution >= 0.6 is 0 Å². The van der Waals surface area contributed by atoms with E-state index in [1.807, 2.05) is 12.1 Å². The monoisotopic (exact) mass is 243 g/mol. The summed E-state index contributed by atoms with van der Waals surface area (Å²) in [6, 6.07) is 6.05. The number of nitrogens with two attached hydrogens (primary N) is 1. The summed E-state index contributed by atoms with van der Waals surface area (Å²) in [5.41, 5.74) is 9.38. The molecule has 1 aliphatic carbocycles. The van der Waals surface area contributed by atoms with Gasteiger partial charge in [0.15, 0.2) is 0 Å². The first-order chi connectivity index (χ1) is 8.63. The number of aromatic nitrogens is 2. The van der Waals surface area contributed by atoms with Crippen LogP contribution in [0.15, 0.2) is 18.2 Å². The van der Waals surface area contributed by atoms with E-state index < -0.39 is 0 Å². The molecule has 3 nitrogen and oxygen atoms in total. The zero-order valence-corrected chi connectivity index (χ0v) is 11.2. The van der Waals surface area contributed by atoms with Gasteiger partial charge >= 0.3 is 0 Å². The van der Waals surface area contributed by atoms with Gasteiger partial charge in [-0.2, -0.15) is 0 Å². The minimum Gasteiger partial charge on any atom is -0.399 e. The Kier molecular flexibility index (Phi) is 2.58. The summed E-state index contributed by atoms with van der Waals surface area (Å²) in [4.78, 5) is 4.63. The molecule has 2 N–H and O–H groups in total. The zero-order valence-electron chi connectivity index (χ0n) is 11.2. The number of nitrogen functional groups attached to an aromatic ring is 1. The molecule has 0 aliphatic heterocycles. The maximum Gasteiger partial charge on any atom is 0.106 e. The van der Waals surface area contributed by atoms with Gasteiger partial charge in [0.2, 0.25) is 0 Å². The van der Waals surface area contributed by atoms with Crippen LogP contribution in [0, 0.1) is 12.3 Å². The number of benzene rings is 1. The van der Waals surface area contributed by atoms with Crippen molar-refractivity contribution in [3.05, 3.63) is 24.0 Å². The standard InChI is InChI=1S/C15H21N3/c1-3-15(7-4-8-15)10-18-11(2)17-13-9-12(16)5-6-14(13)18/h5-6,9H,3-4,7-8,10,16H2,1-2H3. The predicted octanol–water partition coefficient (Wildman–Crippen LogP) is 3.51. The molecular formula is C15H21N3. The fourth-order valence-corrected chi connectivity index (χ4v) is 3.10. The van der Waals surface area contributed by atoms with Crippen LogP contribution < -0.4 is 5.73 Å². The molecule has 0 saturated heterocycles. The molecule has 1 aromatic heterocycles.